The molecule has 1 fully saturated rings. The van der Waals surface area contributed by atoms with Gasteiger partial charge in [-0.3, -0.25) is 9.69 Å². The first-order chi connectivity index (χ1) is 15.9. The van der Waals surface area contributed by atoms with Gasteiger partial charge < -0.3 is 9.84 Å². The fraction of sp³-hybridized carbons (Fsp3) is 0.0417. The second kappa shape index (κ2) is 10.4. The molecule has 0 spiro atoms. The summed E-state index contributed by atoms with van der Waals surface area (Å²) in [5.74, 6) is -0.874. The van der Waals surface area contributed by atoms with Gasteiger partial charge in [-0.2, -0.15) is 0 Å². The molecule has 0 radical (unpaired) electrons. The van der Waals surface area contributed by atoms with Crippen LogP contribution < -0.4 is 9.64 Å². The van der Waals surface area contributed by atoms with Crippen molar-refractivity contribution in [1.29, 1.82) is 0 Å². The molecule has 3 aromatic rings. The quantitative estimate of drug-likeness (QED) is 0.334. The molecule has 0 aliphatic carbocycles. The van der Waals surface area contributed by atoms with Gasteiger partial charge in [0.2, 0.25) is 0 Å². The molecule has 1 amide bonds. The number of para-hydroxylation sites is 2. The van der Waals surface area contributed by atoms with Crippen molar-refractivity contribution in [3.05, 3.63) is 92.2 Å². The van der Waals surface area contributed by atoms with E-state index in [0.717, 1.165) is 16.9 Å². The van der Waals surface area contributed by atoms with Crippen LogP contribution in [0.15, 0.2) is 91.6 Å². The maximum atomic E-state index is 13.4. The van der Waals surface area contributed by atoms with Gasteiger partial charge in [-0.1, -0.05) is 36.4 Å². The van der Waals surface area contributed by atoms with Crippen LogP contribution in [-0.2, 0) is 9.59 Å². The molecule has 0 unspecified atom stereocenters. The number of anilines is 1. The number of carboxylic acid groups (broad SMARTS) is 1. The van der Waals surface area contributed by atoms with E-state index in [0.29, 0.717) is 24.8 Å². The minimum absolute atomic E-state index is 0.181. The summed E-state index contributed by atoms with van der Waals surface area (Å²) in [6.07, 6.45) is 1.77. The van der Waals surface area contributed by atoms with Gasteiger partial charge in [-0.25, -0.2) is 9.79 Å². The Morgan fingerprint density at radius 2 is 1.64 bits per heavy atom. The number of carbonyl (C=O) groups excluding carboxylic acids is 1. The lowest BCUT2D eigenvalue weighted by molar-refractivity contribution is -0.139. The average Bonchev–Trinajstić information content (AvgIpc) is 3.08. The number of hydrogen-bond donors (Lipinski definition) is 1. The number of benzene rings is 3. The van der Waals surface area contributed by atoms with Gasteiger partial charge in [0, 0.05) is 0 Å². The molecule has 3 aromatic carbocycles. The Hall–Kier alpha value is -2.88. The monoisotopic (exact) mass is 586 g/mol. The smallest absolute Gasteiger partial charge is 0.341 e. The Morgan fingerprint density at radius 3 is 2.24 bits per heavy atom. The van der Waals surface area contributed by atoms with Crippen LogP contribution in [0.1, 0.15) is 5.56 Å². The maximum absolute atomic E-state index is 13.4. The Kier molecular flexibility index (Phi) is 7.32. The van der Waals surface area contributed by atoms with E-state index in [1.54, 1.807) is 23.1 Å². The number of nitrogens with zero attached hydrogens (tertiary/aromatic N) is 2. The van der Waals surface area contributed by atoms with Crippen molar-refractivity contribution < 1.29 is 19.4 Å². The van der Waals surface area contributed by atoms with Crippen LogP contribution in [0.4, 0.5) is 11.4 Å². The highest BCUT2D eigenvalue weighted by Crippen LogP contribution is 2.39. The highest BCUT2D eigenvalue weighted by atomic mass is 79.9. The van der Waals surface area contributed by atoms with Crippen LogP contribution in [0.5, 0.6) is 5.75 Å². The third kappa shape index (κ3) is 5.55. The number of thioether (sulfide) groups is 1. The Labute approximate surface area is 211 Å². The normalized spacial score (nSPS) is 15.9. The molecule has 4 rings (SSSR count). The fourth-order valence-corrected chi connectivity index (χ4v) is 5.50. The zero-order valence-corrected chi connectivity index (χ0v) is 20.9. The molecule has 33 heavy (non-hydrogen) atoms. The van der Waals surface area contributed by atoms with Gasteiger partial charge >= 0.3 is 5.97 Å². The van der Waals surface area contributed by atoms with E-state index in [9.17, 15) is 9.59 Å². The van der Waals surface area contributed by atoms with Crippen LogP contribution in [0, 0.1) is 0 Å². The summed E-state index contributed by atoms with van der Waals surface area (Å²) in [5.41, 5.74) is 2.22. The third-order valence-corrected chi connectivity index (χ3v) is 6.61. The SMILES string of the molecule is O=C(O)COc1c(Br)cc(/C=C2/SC(=Nc3ccccc3)N(c3ccccc3)C2=O)cc1Br. The number of carboxylic acids is 1. The summed E-state index contributed by atoms with van der Waals surface area (Å²) in [6.45, 7) is -0.461. The lowest BCUT2D eigenvalue weighted by Gasteiger charge is -2.15. The minimum Gasteiger partial charge on any atom is -0.480 e. The first-order valence-electron chi connectivity index (χ1n) is 9.69. The Balaban J connectivity index is 1.70. The van der Waals surface area contributed by atoms with Crippen molar-refractivity contribution in [1.82, 2.24) is 0 Å². The number of ether oxygens (including phenoxy) is 1. The highest BCUT2D eigenvalue weighted by molar-refractivity contribution is 9.11. The van der Waals surface area contributed by atoms with Gasteiger partial charge in [0.15, 0.2) is 11.8 Å². The molecule has 1 aliphatic heterocycles. The van der Waals surface area contributed by atoms with E-state index >= 15 is 0 Å². The molecule has 0 aromatic heterocycles. The summed E-state index contributed by atoms with van der Waals surface area (Å²) in [4.78, 5) is 31.0. The van der Waals surface area contributed by atoms with E-state index < -0.39 is 12.6 Å². The number of hydrogen-bond acceptors (Lipinski definition) is 5. The second-order valence-corrected chi connectivity index (χ2v) is 9.53. The van der Waals surface area contributed by atoms with Crippen molar-refractivity contribution in [3.63, 3.8) is 0 Å². The molecular weight excluding hydrogens is 572 g/mol. The van der Waals surface area contributed by atoms with Crippen molar-refractivity contribution in [2.75, 3.05) is 11.5 Å². The maximum Gasteiger partial charge on any atom is 0.341 e. The topological polar surface area (TPSA) is 79.2 Å². The van der Waals surface area contributed by atoms with Crippen LogP contribution in [-0.4, -0.2) is 28.8 Å². The number of carbonyl (C=O) groups is 2. The van der Waals surface area contributed by atoms with Crippen LogP contribution in [0.25, 0.3) is 6.08 Å². The van der Waals surface area contributed by atoms with Crippen LogP contribution in [0.2, 0.25) is 0 Å². The largest absolute Gasteiger partial charge is 0.480 e. The van der Waals surface area contributed by atoms with Gasteiger partial charge in [0.25, 0.3) is 5.91 Å². The lowest BCUT2D eigenvalue weighted by atomic mass is 10.2. The van der Waals surface area contributed by atoms with Crippen molar-refractivity contribution >= 4 is 78.1 Å². The van der Waals surface area contributed by atoms with Crippen molar-refractivity contribution in [3.8, 4) is 5.75 Å². The molecule has 1 aliphatic rings. The molecule has 0 bridgehead atoms. The van der Waals surface area contributed by atoms with Crippen molar-refractivity contribution in [2.45, 2.75) is 0 Å². The van der Waals surface area contributed by atoms with Crippen LogP contribution in [0.3, 0.4) is 0 Å². The van der Waals surface area contributed by atoms with E-state index in [1.165, 1.54) is 11.8 Å². The van der Waals surface area contributed by atoms with E-state index in [1.807, 2.05) is 60.7 Å². The van der Waals surface area contributed by atoms with Crippen LogP contribution >= 0.6 is 43.6 Å². The molecule has 1 saturated heterocycles. The van der Waals surface area contributed by atoms with Gasteiger partial charge in [-0.15, -0.1) is 0 Å². The third-order valence-electron chi connectivity index (χ3n) is 4.46. The summed E-state index contributed by atoms with van der Waals surface area (Å²) in [7, 11) is 0. The molecule has 1 heterocycles. The van der Waals surface area contributed by atoms with Gasteiger partial charge in [0.1, 0.15) is 5.75 Å². The average molecular weight is 588 g/mol. The second-order valence-electron chi connectivity index (χ2n) is 6.81. The number of amidine groups is 1. The fourth-order valence-electron chi connectivity index (χ4n) is 3.05. The van der Waals surface area contributed by atoms with E-state index in [4.69, 9.17) is 14.8 Å². The zero-order valence-electron chi connectivity index (χ0n) is 16.9. The standard InChI is InChI=1S/C24H16Br2N2O4S/c25-18-11-15(12-19(26)22(18)32-14-21(29)30)13-20-23(31)28(17-9-5-2-6-10-17)24(33-20)27-16-7-3-1-4-8-16/h1-13H,14H2,(H,29,30)/b20-13+,27-24?. The molecule has 166 valence electrons. The zero-order chi connectivity index (χ0) is 23.4. The first kappa shape index (κ1) is 23.3. The summed E-state index contributed by atoms with van der Waals surface area (Å²) in [6, 6.07) is 22.4. The predicted octanol–water partition coefficient (Wildman–Crippen LogP) is 6.48. The van der Waals surface area contributed by atoms with E-state index in [2.05, 4.69) is 31.9 Å². The summed E-state index contributed by atoms with van der Waals surface area (Å²) < 4.78 is 6.46. The number of amides is 1. The van der Waals surface area contributed by atoms with E-state index in [-0.39, 0.29) is 5.91 Å². The molecule has 0 saturated carbocycles. The number of halogens is 2. The Morgan fingerprint density at radius 1 is 1.03 bits per heavy atom. The molecular formula is C24H16Br2N2O4S. The number of aliphatic carboxylic acids is 1. The highest BCUT2D eigenvalue weighted by Gasteiger charge is 2.34. The summed E-state index contributed by atoms with van der Waals surface area (Å²) >= 11 is 8.12. The molecule has 1 N–H and O–H groups in total. The number of rotatable bonds is 6. The minimum atomic E-state index is -1.07. The molecule has 0 atom stereocenters. The Bertz CT molecular complexity index is 1240. The molecule has 9 heteroatoms. The lowest BCUT2D eigenvalue weighted by Crippen LogP contribution is -2.28. The first-order valence-corrected chi connectivity index (χ1v) is 12.1. The van der Waals surface area contributed by atoms with Crippen molar-refractivity contribution in [2.24, 2.45) is 4.99 Å². The summed E-state index contributed by atoms with van der Waals surface area (Å²) in [5, 5.41) is 9.42. The number of aliphatic imine (C=N–C) groups is 1. The molecule has 6 nitrogen and oxygen atoms in total. The predicted molar refractivity (Wildman–Crippen MR) is 138 cm³/mol. The van der Waals surface area contributed by atoms with Gasteiger partial charge in [-0.05, 0) is 91.7 Å². The van der Waals surface area contributed by atoms with Gasteiger partial charge in [0.05, 0.1) is 25.2 Å².